The summed E-state index contributed by atoms with van der Waals surface area (Å²) in [6, 6.07) is 11.1. The zero-order valence-corrected chi connectivity index (χ0v) is 11.8. The van der Waals surface area contributed by atoms with Gasteiger partial charge in [-0.15, -0.1) is 0 Å². The van der Waals surface area contributed by atoms with Gasteiger partial charge in [0.15, 0.2) is 5.78 Å². The highest BCUT2D eigenvalue weighted by atomic mass is 35.5. The van der Waals surface area contributed by atoms with Crippen molar-refractivity contribution in [2.75, 3.05) is 4.90 Å². The monoisotopic (exact) mass is 299 g/mol. The Kier molecular flexibility index (Phi) is 3.11. The van der Waals surface area contributed by atoms with Crippen LogP contribution in [-0.2, 0) is 0 Å². The van der Waals surface area contributed by atoms with E-state index in [0.29, 0.717) is 16.8 Å². The van der Waals surface area contributed by atoms with E-state index >= 15 is 0 Å². The van der Waals surface area contributed by atoms with Crippen LogP contribution in [0.4, 0.5) is 5.69 Å². The Morgan fingerprint density at radius 3 is 2.24 bits per heavy atom. The van der Waals surface area contributed by atoms with E-state index in [2.05, 4.69) is 0 Å². The summed E-state index contributed by atoms with van der Waals surface area (Å²) in [5.74, 6) is -0.934. The molecular formula is C16H10ClNO3. The summed E-state index contributed by atoms with van der Waals surface area (Å²) in [6.45, 7) is 1.46. The van der Waals surface area contributed by atoms with E-state index in [1.165, 1.54) is 6.92 Å². The molecule has 2 aromatic rings. The van der Waals surface area contributed by atoms with E-state index in [1.54, 1.807) is 42.5 Å². The van der Waals surface area contributed by atoms with Gasteiger partial charge in [-0.2, -0.15) is 0 Å². The third-order valence-corrected chi connectivity index (χ3v) is 3.71. The number of nitrogens with zero attached hydrogens (tertiary/aromatic N) is 1. The lowest BCUT2D eigenvalue weighted by Crippen LogP contribution is -2.29. The van der Waals surface area contributed by atoms with Crippen LogP contribution in [0.15, 0.2) is 42.5 Å². The van der Waals surface area contributed by atoms with Crippen LogP contribution in [0, 0.1) is 0 Å². The summed E-state index contributed by atoms with van der Waals surface area (Å²) in [7, 11) is 0. The molecule has 0 fully saturated rings. The van der Waals surface area contributed by atoms with Crippen molar-refractivity contribution in [1.82, 2.24) is 0 Å². The molecule has 1 aliphatic heterocycles. The van der Waals surface area contributed by atoms with Crippen molar-refractivity contribution in [3.8, 4) is 0 Å². The SMILES string of the molecule is CC(=O)c1ccc(N2C(=O)c3cccc(Cl)c3C2=O)cc1. The minimum atomic E-state index is -0.448. The van der Waals surface area contributed by atoms with Crippen LogP contribution in [-0.4, -0.2) is 17.6 Å². The average Bonchev–Trinajstić information content (AvgIpc) is 2.72. The molecule has 21 heavy (non-hydrogen) atoms. The molecule has 1 aliphatic rings. The number of halogens is 1. The molecule has 0 unspecified atom stereocenters. The lowest BCUT2D eigenvalue weighted by Gasteiger charge is -2.14. The molecule has 3 rings (SSSR count). The molecule has 0 aliphatic carbocycles. The molecule has 0 N–H and O–H groups in total. The van der Waals surface area contributed by atoms with Crippen LogP contribution in [0.2, 0.25) is 5.02 Å². The number of hydrogen-bond donors (Lipinski definition) is 0. The summed E-state index contributed by atoms with van der Waals surface area (Å²) in [4.78, 5) is 37.1. The highest BCUT2D eigenvalue weighted by Crippen LogP contribution is 2.32. The van der Waals surface area contributed by atoms with Crippen LogP contribution in [0.5, 0.6) is 0 Å². The van der Waals surface area contributed by atoms with E-state index in [-0.39, 0.29) is 16.4 Å². The Morgan fingerprint density at radius 2 is 1.67 bits per heavy atom. The summed E-state index contributed by atoms with van der Waals surface area (Å²) in [5.41, 5.74) is 1.46. The number of carbonyl (C=O) groups is 3. The topological polar surface area (TPSA) is 54.5 Å². The predicted molar refractivity (Wildman–Crippen MR) is 79.0 cm³/mol. The van der Waals surface area contributed by atoms with Crippen LogP contribution in [0.3, 0.4) is 0 Å². The van der Waals surface area contributed by atoms with E-state index in [0.717, 1.165) is 4.90 Å². The number of imide groups is 1. The molecule has 0 aromatic heterocycles. The number of benzene rings is 2. The Bertz CT molecular complexity index is 781. The lowest BCUT2D eigenvalue weighted by molar-refractivity contribution is 0.0925. The number of rotatable bonds is 2. The zero-order chi connectivity index (χ0) is 15.1. The maximum atomic E-state index is 12.4. The maximum Gasteiger partial charge on any atom is 0.267 e. The molecule has 104 valence electrons. The van der Waals surface area contributed by atoms with E-state index < -0.39 is 11.8 Å². The second kappa shape index (κ2) is 4.82. The molecule has 0 saturated heterocycles. The lowest BCUT2D eigenvalue weighted by atomic mass is 10.1. The Hall–Kier alpha value is -2.46. The van der Waals surface area contributed by atoms with Crippen molar-refractivity contribution in [3.05, 3.63) is 64.2 Å². The van der Waals surface area contributed by atoms with Gasteiger partial charge in [-0.25, -0.2) is 4.90 Å². The first-order valence-electron chi connectivity index (χ1n) is 6.29. The van der Waals surface area contributed by atoms with Crippen molar-refractivity contribution in [1.29, 1.82) is 0 Å². The van der Waals surface area contributed by atoms with Crippen LogP contribution >= 0.6 is 11.6 Å². The van der Waals surface area contributed by atoms with Crippen molar-refractivity contribution < 1.29 is 14.4 Å². The average molecular weight is 300 g/mol. The third-order valence-electron chi connectivity index (χ3n) is 3.40. The number of fused-ring (bicyclic) bond motifs is 1. The largest absolute Gasteiger partial charge is 0.295 e. The smallest absolute Gasteiger partial charge is 0.267 e. The molecule has 0 bridgehead atoms. The quantitative estimate of drug-likeness (QED) is 0.631. The molecule has 5 heteroatoms. The molecule has 0 saturated carbocycles. The predicted octanol–water partition coefficient (Wildman–Crippen LogP) is 3.34. The highest BCUT2D eigenvalue weighted by Gasteiger charge is 2.38. The molecule has 2 aromatic carbocycles. The number of ketones is 1. The minimum Gasteiger partial charge on any atom is -0.295 e. The van der Waals surface area contributed by atoms with Gasteiger partial charge >= 0.3 is 0 Å². The summed E-state index contributed by atoms with van der Waals surface area (Å²) < 4.78 is 0. The van der Waals surface area contributed by atoms with Gasteiger partial charge in [0.25, 0.3) is 11.8 Å². The molecule has 4 nitrogen and oxygen atoms in total. The highest BCUT2D eigenvalue weighted by molar-refractivity contribution is 6.42. The Morgan fingerprint density at radius 1 is 1.00 bits per heavy atom. The van der Waals surface area contributed by atoms with Crippen LogP contribution in [0.25, 0.3) is 0 Å². The van der Waals surface area contributed by atoms with E-state index in [9.17, 15) is 14.4 Å². The fourth-order valence-corrected chi connectivity index (χ4v) is 2.58. The molecular weight excluding hydrogens is 290 g/mol. The van der Waals surface area contributed by atoms with Gasteiger partial charge in [-0.3, -0.25) is 14.4 Å². The van der Waals surface area contributed by atoms with Crippen molar-refractivity contribution in [3.63, 3.8) is 0 Å². The van der Waals surface area contributed by atoms with Gasteiger partial charge in [0.1, 0.15) is 0 Å². The number of anilines is 1. The van der Waals surface area contributed by atoms with Crippen LogP contribution in [0.1, 0.15) is 38.0 Å². The van der Waals surface area contributed by atoms with Gasteiger partial charge in [-0.1, -0.05) is 17.7 Å². The zero-order valence-electron chi connectivity index (χ0n) is 11.1. The van der Waals surface area contributed by atoms with Crippen molar-refractivity contribution in [2.24, 2.45) is 0 Å². The molecule has 0 radical (unpaired) electrons. The van der Waals surface area contributed by atoms with Gasteiger partial charge in [0, 0.05) is 5.56 Å². The fourth-order valence-electron chi connectivity index (χ4n) is 2.32. The fraction of sp³-hybridized carbons (Fsp3) is 0.0625. The first-order valence-corrected chi connectivity index (χ1v) is 6.67. The summed E-state index contributed by atoms with van der Waals surface area (Å²) in [6.07, 6.45) is 0. The van der Waals surface area contributed by atoms with Gasteiger partial charge in [0.2, 0.25) is 0 Å². The van der Waals surface area contributed by atoms with Gasteiger partial charge in [-0.05, 0) is 43.3 Å². The van der Waals surface area contributed by atoms with Gasteiger partial charge in [0.05, 0.1) is 21.8 Å². The molecule has 0 atom stereocenters. The second-order valence-electron chi connectivity index (χ2n) is 4.71. The van der Waals surface area contributed by atoms with Crippen molar-refractivity contribution >= 4 is 34.9 Å². The van der Waals surface area contributed by atoms with Crippen LogP contribution < -0.4 is 4.90 Å². The third kappa shape index (κ3) is 2.04. The van der Waals surface area contributed by atoms with E-state index in [1.807, 2.05) is 0 Å². The number of carbonyl (C=O) groups excluding carboxylic acids is 3. The standard InChI is InChI=1S/C16H10ClNO3/c1-9(19)10-5-7-11(8-6-10)18-15(20)12-3-2-4-13(17)14(12)16(18)21/h2-8H,1H3. The number of hydrogen-bond acceptors (Lipinski definition) is 3. The summed E-state index contributed by atoms with van der Waals surface area (Å²) >= 11 is 6.00. The number of Topliss-reactive ketones (excluding diaryl/α,β-unsaturated/α-hetero) is 1. The molecule has 0 spiro atoms. The maximum absolute atomic E-state index is 12.4. The Labute approximate surface area is 125 Å². The number of amides is 2. The first-order chi connectivity index (χ1) is 10.0. The van der Waals surface area contributed by atoms with Gasteiger partial charge < -0.3 is 0 Å². The minimum absolute atomic E-state index is 0.0769. The van der Waals surface area contributed by atoms with Crippen molar-refractivity contribution in [2.45, 2.75) is 6.92 Å². The normalized spacial score (nSPS) is 13.5. The van der Waals surface area contributed by atoms with E-state index in [4.69, 9.17) is 11.6 Å². The molecule has 2 amide bonds. The first kappa shape index (κ1) is 13.5. The molecule has 1 heterocycles. The second-order valence-corrected chi connectivity index (χ2v) is 5.12. The Balaban J connectivity index is 2.06. The summed E-state index contributed by atoms with van der Waals surface area (Å²) in [5, 5.41) is 0.258.